The van der Waals surface area contributed by atoms with E-state index in [0.717, 1.165) is 18.2 Å². The number of hydrazine groups is 2. The van der Waals surface area contributed by atoms with Crippen LogP contribution < -0.4 is 21.6 Å². The normalized spacial score (nSPS) is 29.5. The van der Waals surface area contributed by atoms with Gasteiger partial charge >= 0.3 is 0 Å². The molecule has 1 atom stereocenters. The van der Waals surface area contributed by atoms with Gasteiger partial charge in [0.2, 0.25) is 0 Å². The van der Waals surface area contributed by atoms with E-state index in [4.69, 9.17) is 0 Å². The highest BCUT2D eigenvalue weighted by molar-refractivity contribution is 6.01. The lowest BCUT2D eigenvalue weighted by molar-refractivity contribution is 0.239. The van der Waals surface area contributed by atoms with Crippen LogP contribution in [0.1, 0.15) is 0 Å². The van der Waals surface area contributed by atoms with Gasteiger partial charge in [-0.25, -0.2) is 10.9 Å². The first-order chi connectivity index (χ1) is 6.43. The molecule has 4 N–H and O–H groups in total. The van der Waals surface area contributed by atoms with Crippen LogP contribution in [0.3, 0.4) is 0 Å². The third kappa shape index (κ3) is 0.995. The molecule has 0 bridgehead atoms. The van der Waals surface area contributed by atoms with Gasteiger partial charge in [0.1, 0.15) is 18.7 Å². The summed E-state index contributed by atoms with van der Waals surface area (Å²) < 4.78 is 0. The van der Waals surface area contributed by atoms with Crippen molar-refractivity contribution in [1.82, 2.24) is 26.6 Å². The summed E-state index contributed by atoms with van der Waals surface area (Å²) in [5.41, 5.74) is 10.3. The molecular formula is C7H10N6. The molecule has 6 nitrogen and oxygen atoms in total. The van der Waals surface area contributed by atoms with E-state index in [1.54, 1.807) is 6.20 Å². The average Bonchev–Trinajstić information content (AvgIpc) is 2.61. The van der Waals surface area contributed by atoms with Crippen molar-refractivity contribution in [3.63, 3.8) is 0 Å². The Balaban J connectivity index is 1.97. The third-order valence-electron chi connectivity index (χ3n) is 2.17. The van der Waals surface area contributed by atoms with Gasteiger partial charge in [-0.2, -0.15) is 0 Å². The van der Waals surface area contributed by atoms with Crippen LogP contribution in [0, 0.1) is 0 Å². The lowest BCUT2D eigenvalue weighted by atomic mass is 10.2. The predicted molar refractivity (Wildman–Crippen MR) is 47.7 cm³/mol. The zero-order valence-corrected chi connectivity index (χ0v) is 6.91. The molecule has 3 heterocycles. The molecule has 13 heavy (non-hydrogen) atoms. The molecule has 0 amide bonds. The minimum absolute atomic E-state index is 0.0930. The van der Waals surface area contributed by atoms with Crippen molar-refractivity contribution in [1.29, 1.82) is 0 Å². The molecule has 1 fully saturated rings. The topological polar surface area (TPSA) is 63.7 Å². The van der Waals surface area contributed by atoms with Gasteiger partial charge < -0.3 is 10.7 Å². The molecule has 3 rings (SSSR count). The maximum absolute atomic E-state index is 4.25. The molecule has 0 aromatic carbocycles. The van der Waals surface area contributed by atoms with Crippen LogP contribution in [0.4, 0.5) is 0 Å². The molecular weight excluding hydrogens is 168 g/mol. The van der Waals surface area contributed by atoms with E-state index < -0.39 is 0 Å². The molecule has 0 radical (unpaired) electrons. The summed E-state index contributed by atoms with van der Waals surface area (Å²) in [6, 6.07) is 0. The Morgan fingerprint density at radius 1 is 1.54 bits per heavy atom. The number of nitrogens with one attached hydrogen (secondary N) is 4. The average molecular weight is 178 g/mol. The number of hydrogen-bond donors (Lipinski definition) is 4. The number of rotatable bonds is 0. The van der Waals surface area contributed by atoms with Crippen LogP contribution >= 0.6 is 0 Å². The quantitative estimate of drug-likeness (QED) is 0.366. The van der Waals surface area contributed by atoms with Crippen LogP contribution in [-0.4, -0.2) is 23.6 Å². The first kappa shape index (κ1) is 6.93. The van der Waals surface area contributed by atoms with E-state index in [0.29, 0.717) is 0 Å². The highest BCUT2D eigenvalue weighted by Gasteiger charge is 2.28. The molecule has 1 saturated heterocycles. The van der Waals surface area contributed by atoms with E-state index in [9.17, 15) is 0 Å². The standard InChI is InChI=1S/C7H10N6/c1-2-9-7-5(8-1)3-6-11-10-4-13(6)12-7/h1-3,7,9-12H,4H2. The van der Waals surface area contributed by atoms with Gasteiger partial charge in [-0.15, -0.1) is 0 Å². The van der Waals surface area contributed by atoms with Crippen molar-refractivity contribution in [2.24, 2.45) is 4.99 Å². The monoisotopic (exact) mass is 178 g/mol. The maximum atomic E-state index is 4.25. The minimum Gasteiger partial charge on any atom is -0.368 e. The Bertz CT molecular complexity index is 317. The molecule has 0 spiro atoms. The third-order valence-corrected chi connectivity index (χ3v) is 2.17. The summed E-state index contributed by atoms with van der Waals surface area (Å²) in [5.74, 6) is 1.01. The summed E-state index contributed by atoms with van der Waals surface area (Å²) in [4.78, 5) is 4.25. The second-order valence-electron chi connectivity index (χ2n) is 3.02. The van der Waals surface area contributed by atoms with Crippen LogP contribution in [0.5, 0.6) is 0 Å². The van der Waals surface area contributed by atoms with Crippen LogP contribution in [-0.2, 0) is 0 Å². The Hall–Kier alpha value is -1.53. The van der Waals surface area contributed by atoms with Crippen molar-refractivity contribution < 1.29 is 0 Å². The van der Waals surface area contributed by atoms with Gasteiger partial charge in [0, 0.05) is 18.5 Å². The van der Waals surface area contributed by atoms with Crippen molar-refractivity contribution >= 4 is 5.71 Å². The highest BCUT2D eigenvalue weighted by atomic mass is 15.7. The van der Waals surface area contributed by atoms with Crippen molar-refractivity contribution in [2.75, 3.05) is 6.67 Å². The zero-order valence-electron chi connectivity index (χ0n) is 6.91. The van der Waals surface area contributed by atoms with E-state index >= 15 is 0 Å². The summed E-state index contributed by atoms with van der Waals surface area (Å²) in [5, 5.41) is 5.17. The van der Waals surface area contributed by atoms with Crippen LogP contribution in [0.2, 0.25) is 0 Å². The molecule has 3 aliphatic rings. The van der Waals surface area contributed by atoms with Crippen molar-refractivity contribution in [3.05, 3.63) is 24.3 Å². The fourth-order valence-corrected chi connectivity index (χ4v) is 1.53. The SMILES string of the molecule is C1=CNC2NN3CNNC3=CC2=N1. The van der Waals surface area contributed by atoms with Gasteiger partial charge in [0.05, 0.1) is 5.71 Å². The molecule has 1 unspecified atom stereocenters. The minimum atomic E-state index is 0.0930. The summed E-state index contributed by atoms with van der Waals surface area (Å²) in [7, 11) is 0. The van der Waals surface area contributed by atoms with Gasteiger partial charge in [0.25, 0.3) is 0 Å². The molecule has 0 aromatic rings. The Morgan fingerprint density at radius 3 is 3.54 bits per heavy atom. The summed E-state index contributed by atoms with van der Waals surface area (Å²) in [6.45, 7) is 0.751. The fraction of sp³-hybridized carbons (Fsp3) is 0.286. The summed E-state index contributed by atoms with van der Waals surface area (Å²) >= 11 is 0. The van der Waals surface area contributed by atoms with Gasteiger partial charge in [-0.3, -0.25) is 10.0 Å². The van der Waals surface area contributed by atoms with Gasteiger partial charge in [-0.1, -0.05) is 0 Å². The largest absolute Gasteiger partial charge is 0.368 e. The second-order valence-corrected chi connectivity index (χ2v) is 3.02. The lowest BCUT2D eigenvalue weighted by Gasteiger charge is -2.32. The molecule has 68 valence electrons. The number of hydrogen-bond acceptors (Lipinski definition) is 6. The molecule has 6 heteroatoms. The van der Waals surface area contributed by atoms with Crippen LogP contribution in [0.15, 0.2) is 29.3 Å². The van der Waals surface area contributed by atoms with E-state index in [2.05, 4.69) is 26.6 Å². The summed E-state index contributed by atoms with van der Waals surface area (Å²) in [6.07, 6.45) is 5.69. The van der Waals surface area contributed by atoms with E-state index in [1.807, 2.05) is 17.3 Å². The Kier molecular flexibility index (Phi) is 1.32. The lowest BCUT2D eigenvalue weighted by Crippen LogP contribution is -2.56. The Labute approximate surface area is 75.3 Å². The first-order valence-electron chi connectivity index (χ1n) is 4.16. The molecule has 0 aromatic heterocycles. The molecule has 3 aliphatic heterocycles. The predicted octanol–water partition coefficient (Wildman–Crippen LogP) is -1.45. The second kappa shape index (κ2) is 2.48. The number of fused-ring (bicyclic) bond motifs is 2. The smallest absolute Gasteiger partial charge is 0.137 e. The molecule has 0 aliphatic carbocycles. The fourth-order valence-electron chi connectivity index (χ4n) is 1.53. The highest BCUT2D eigenvalue weighted by Crippen LogP contribution is 2.10. The van der Waals surface area contributed by atoms with Gasteiger partial charge in [-0.05, 0) is 0 Å². The van der Waals surface area contributed by atoms with Gasteiger partial charge in [0.15, 0.2) is 0 Å². The number of aliphatic imine (C=N–C) groups is 1. The number of nitrogens with zero attached hydrogens (tertiary/aromatic N) is 2. The van der Waals surface area contributed by atoms with E-state index in [-0.39, 0.29) is 6.17 Å². The van der Waals surface area contributed by atoms with Crippen molar-refractivity contribution in [2.45, 2.75) is 6.17 Å². The first-order valence-corrected chi connectivity index (χ1v) is 4.16. The molecule has 0 saturated carbocycles. The van der Waals surface area contributed by atoms with E-state index in [1.165, 1.54) is 0 Å². The zero-order chi connectivity index (χ0) is 8.67. The van der Waals surface area contributed by atoms with Crippen LogP contribution in [0.25, 0.3) is 0 Å². The van der Waals surface area contributed by atoms with Crippen molar-refractivity contribution in [3.8, 4) is 0 Å². The Morgan fingerprint density at radius 2 is 2.54 bits per heavy atom. The maximum Gasteiger partial charge on any atom is 0.137 e.